The van der Waals surface area contributed by atoms with Crippen molar-refractivity contribution >= 4 is 23.6 Å². The van der Waals surface area contributed by atoms with Crippen LogP contribution in [0.1, 0.15) is 38.7 Å². The number of aliphatic carboxylic acids is 1. The van der Waals surface area contributed by atoms with Crippen molar-refractivity contribution in [3.8, 4) is 17.2 Å². The Labute approximate surface area is 214 Å². The number of hydrogen-bond acceptors (Lipinski definition) is 9. The van der Waals surface area contributed by atoms with Crippen molar-refractivity contribution < 1.29 is 33.5 Å². The van der Waals surface area contributed by atoms with E-state index in [-0.39, 0.29) is 30.6 Å². The molecule has 2 aromatic rings. The van der Waals surface area contributed by atoms with Crippen LogP contribution in [0.4, 0.5) is 0 Å². The van der Waals surface area contributed by atoms with Gasteiger partial charge in [-0.3, -0.25) is 24.1 Å². The molecule has 1 saturated heterocycles. The molecule has 12 nitrogen and oxygen atoms in total. The van der Waals surface area contributed by atoms with Crippen LogP contribution in [0.5, 0.6) is 5.75 Å². The Balaban J connectivity index is 1.69. The number of carboxylic acid groups (broad SMARTS) is 1. The van der Waals surface area contributed by atoms with Crippen LogP contribution < -0.4 is 15.4 Å². The van der Waals surface area contributed by atoms with E-state index < -0.39 is 36.3 Å². The van der Waals surface area contributed by atoms with Gasteiger partial charge in [0.2, 0.25) is 11.8 Å². The first-order valence-corrected chi connectivity index (χ1v) is 12.2. The van der Waals surface area contributed by atoms with Crippen LogP contribution in [0.25, 0.3) is 11.5 Å². The molecule has 200 valence electrons. The van der Waals surface area contributed by atoms with Crippen molar-refractivity contribution in [3.05, 3.63) is 30.1 Å². The average Bonchev–Trinajstić information content (AvgIpc) is 3.56. The Bertz CT molecular complexity index is 1100. The molecule has 0 spiro atoms. The fourth-order valence-corrected chi connectivity index (χ4v) is 4.24. The van der Waals surface area contributed by atoms with Crippen LogP contribution >= 0.6 is 0 Å². The van der Waals surface area contributed by atoms with Crippen LogP contribution in [-0.4, -0.2) is 82.5 Å². The van der Waals surface area contributed by atoms with Crippen LogP contribution in [-0.2, 0) is 25.6 Å². The standard InChI is InChI=1S/C25H33N5O7/c1-15(2)23(24(35)28-18(12-22(33)34)19(31)13-30-8-4-5-9-30)29-21(32)11-17-10-16(6-7-20(17)36-3)25-26-14-27-37-25/h6-7,10,14-15,18,23H,4-5,8-9,11-13H2,1-3H3,(H,28,35)(H,29,32)(H,33,34). The average molecular weight is 516 g/mol. The molecule has 3 rings (SSSR count). The number of carboxylic acids is 1. The lowest BCUT2D eigenvalue weighted by Gasteiger charge is -2.25. The quantitative estimate of drug-likeness (QED) is 0.351. The van der Waals surface area contributed by atoms with E-state index in [9.17, 15) is 24.3 Å². The number of carbonyl (C=O) groups is 4. The summed E-state index contributed by atoms with van der Waals surface area (Å²) in [4.78, 5) is 56.2. The molecular weight excluding hydrogens is 482 g/mol. The summed E-state index contributed by atoms with van der Waals surface area (Å²) in [7, 11) is 1.48. The van der Waals surface area contributed by atoms with Gasteiger partial charge >= 0.3 is 5.97 Å². The molecule has 2 heterocycles. The number of ketones is 1. The van der Waals surface area contributed by atoms with Gasteiger partial charge in [-0.2, -0.15) is 4.98 Å². The molecule has 37 heavy (non-hydrogen) atoms. The number of hydrogen-bond donors (Lipinski definition) is 3. The van der Waals surface area contributed by atoms with Crippen LogP contribution in [0, 0.1) is 5.92 Å². The molecule has 2 unspecified atom stereocenters. The van der Waals surface area contributed by atoms with Crippen LogP contribution in [0.2, 0.25) is 0 Å². The van der Waals surface area contributed by atoms with Gasteiger partial charge in [-0.25, -0.2) is 0 Å². The number of rotatable bonds is 13. The van der Waals surface area contributed by atoms with Crippen molar-refractivity contribution in [2.24, 2.45) is 5.92 Å². The van der Waals surface area contributed by atoms with Gasteiger partial charge in [0.05, 0.1) is 32.5 Å². The molecule has 0 aliphatic carbocycles. The lowest BCUT2D eigenvalue weighted by molar-refractivity contribution is -0.141. The van der Waals surface area contributed by atoms with Gasteiger partial charge < -0.3 is 25.0 Å². The second-order valence-electron chi connectivity index (χ2n) is 9.35. The molecule has 1 aromatic carbocycles. The number of nitrogens with one attached hydrogen (secondary N) is 2. The molecule has 0 radical (unpaired) electrons. The molecule has 1 aromatic heterocycles. The van der Waals surface area contributed by atoms with Crippen molar-refractivity contribution in [3.63, 3.8) is 0 Å². The van der Waals surface area contributed by atoms with Crippen molar-refractivity contribution in [2.75, 3.05) is 26.7 Å². The predicted octanol–water partition coefficient (Wildman–Crippen LogP) is 1.05. The summed E-state index contributed by atoms with van der Waals surface area (Å²) >= 11 is 0. The first kappa shape index (κ1) is 27.8. The summed E-state index contributed by atoms with van der Waals surface area (Å²) in [6.07, 6.45) is 2.59. The Morgan fingerprint density at radius 1 is 1.16 bits per heavy atom. The summed E-state index contributed by atoms with van der Waals surface area (Å²) < 4.78 is 10.4. The van der Waals surface area contributed by atoms with Crippen molar-refractivity contribution in [1.82, 2.24) is 25.7 Å². The zero-order valence-electron chi connectivity index (χ0n) is 21.2. The highest BCUT2D eigenvalue weighted by Crippen LogP contribution is 2.26. The molecule has 2 atom stereocenters. The third-order valence-electron chi connectivity index (χ3n) is 6.17. The zero-order valence-corrected chi connectivity index (χ0v) is 21.2. The Morgan fingerprint density at radius 3 is 2.49 bits per heavy atom. The lowest BCUT2D eigenvalue weighted by atomic mass is 10.0. The molecule has 12 heteroatoms. The van der Waals surface area contributed by atoms with E-state index in [2.05, 4.69) is 20.8 Å². The Kier molecular flexibility index (Phi) is 9.72. The van der Waals surface area contributed by atoms with E-state index in [1.54, 1.807) is 32.0 Å². The van der Waals surface area contributed by atoms with Gasteiger partial charge in [0.15, 0.2) is 12.1 Å². The molecule has 1 fully saturated rings. The topological polar surface area (TPSA) is 164 Å². The lowest BCUT2D eigenvalue weighted by Crippen LogP contribution is -2.55. The Morgan fingerprint density at radius 2 is 1.89 bits per heavy atom. The Hall–Kier alpha value is -3.80. The van der Waals surface area contributed by atoms with E-state index in [0.29, 0.717) is 16.9 Å². The van der Waals surface area contributed by atoms with Gasteiger partial charge in [-0.15, -0.1) is 0 Å². The number of Topliss-reactive ketones (excluding diaryl/α,β-unsaturated/α-hetero) is 1. The number of aromatic nitrogens is 2. The van der Waals surface area contributed by atoms with E-state index in [1.165, 1.54) is 13.4 Å². The minimum atomic E-state index is -1.20. The summed E-state index contributed by atoms with van der Waals surface area (Å²) in [5.41, 5.74) is 1.15. The molecule has 1 aliphatic heterocycles. The monoisotopic (exact) mass is 515 g/mol. The molecule has 2 amide bonds. The second kappa shape index (κ2) is 12.9. The fourth-order valence-electron chi connectivity index (χ4n) is 4.24. The SMILES string of the molecule is COc1ccc(-c2ncno2)cc1CC(=O)NC(C(=O)NC(CC(=O)O)C(=O)CN1CCCC1)C(C)C. The number of amides is 2. The minimum absolute atomic E-state index is 0.0765. The molecular formula is C25H33N5O7. The molecule has 1 aliphatic rings. The maximum absolute atomic E-state index is 13.1. The summed E-state index contributed by atoms with van der Waals surface area (Å²) in [5.74, 6) is -2.20. The van der Waals surface area contributed by atoms with Gasteiger partial charge in [0, 0.05) is 11.1 Å². The number of nitrogens with zero attached hydrogens (tertiary/aromatic N) is 3. The molecule has 0 saturated carbocycles. The number of methoxy groups -OCH3 is 1. The van der Waals surface area contributed by atoms with E-state index >= 15 is 0 Å². The van der Waals surface area contributed by atoms with E-state index in [1.807, 2.05) is 4.90 Å². The number of likely N-dealkylation sites (tertiary alicyclic amines) is 1. The third kappa shape index (κ3) is 7.84. The van der Waals surface area contributed by atoms with Crippen molar-refractivity contribution in [1.29, 1.82) is 0 Å². The highest BCUT2D eigenvalue weighted by molar-refractivity contribution is 5.95. The zero-order chi connectivity index (χ0) is 26.9. The number of benzene rings is 1. The van der Waals surface area contributed by atoms with Gasteiger partial charge in [-0.05, 0) is 50.0 Å². The van der Waals surface area contributed by atoms with E-state index in [0.717, 1.165) is 25.9 Å². The molecule has 3 N–H and O–H groups in total. The minimum Gasteiger partial charge on any atom is -0.496 e. The highest BCUT2D eigenvalue weighted by atomic mass is 16.5. The smallest absolute Gasteiger partial charge is 0.305 e. The van der Waals surface area contributed by atoms with Crippen molar-refractivity contribution in [2.45, 2.75) is 51.6 Å². The predicted molar refractivity (Wildman–Crippen MR) is 132 cm³/mol. The summed E-state index contributed by atoms with van der Waals surface area (Å²) in [5, 5.41) is 18.2. The largest absolute Gasteiger partial charge is 0.496 e. The normalized spacial score (nSPS) is 15.2. The highest BCUT2D eigenvalue weighted by Gasteiger charge is 2.31. The van der Waals surface area contributed by atoms with Gasteiger partial charge in [0.1, 0.15) is 11.8 Å². The third-order valence-corrected chi connectivity index (χ3v) is 6.17. The van der Waals surface area contributed by atoms with E-state index in [4.69, 9.17) is 9.26 Å². The van der Waals surface area contributed by atoms with Crippen LogP contribution in [0.3, 0.4) is 0 Å². The van der Waals surface area contributed by atoms with Gasteiger partial charge in [0.25, 0.3) is 5.89 Å². The fraction of sp³-hybridized carbons (Fsp3) is 0.520. The number of ether oxygens (including phenoxy) is 1. The summed E-state index contributed by atoms with van der Waals surface area (Å²) in [6.45, 7) is 5.11. The maximum atomic E-state index is 13.1. The molecule has 0 bridgehead atoms. The second-order valence-corrected chi connectivity index (χ2v) is 9.35. The number of carbonyl (C=O) groups excluding carboxylic acids is 3. The maximum Gasteiger partial charge on any atom is 0.305 e. The first-order valence-electron chi connectivity index (χ1n) is 12.2. The summed E-state index contributed by atoms with van der Waals surface area (Å²) in [6, 6.07) is 2.93. The first-order chi connectivity index (χ1) is 17.7. The van der Waals surface area contributed by atoms with Crippen LogP contribution in [0.15, 0.2) is 29.0 Å². The van der Waals surface area contributed by atoms with Gasteiger partial charge in [-0.1, -0.05) is 19.0 Å².